The lowest BCUT2D eigenvalue weighted by Gasteiger charge is -2.21. The van der Waals surface area contributed by atoms with Crippen LogP contribution in [0.3, 0.4) is 0 Å². The molecule has 0 fully saturated rings. The first kappa shape index (κ1) is 21.3. The largest absolute Gasteiger partial charge is 0.482 e. The van der Waals surface area contributed by atoms with E-state index in [2.05, 4.69) is 41.0 Å². The molecule has 1 unspecified atom stereocenters. The van der Waals surface area contributed by atoms with Gasteiger partial charge in [-0.3, -0.25) is 9.78 Å². The molecule has 0 bridgehead atoms. The zero-order valence-electron chi connectivity index (χ0n) is 18.2. The number of nitrogens with one attached hydrogen (secondary N) is 1. The molecule has 0 radical (unpaired) electrons. The minimum atomic E-state index is -0.128. The number of hydrogen-bond acceptors (Lipinski definition) is 5. The molecule has 4 rings (SSSR count). The molecule has 0 aliphatic carbocycles. The van der Waals surface area contributed by atoms with Crippen LogP contribution in [0.4, 0.5) is 11.4 Å². The van der Waals surface area contributed by atoms with Gasteiger partial charge in [0.15, 0.2) is 11.4 Å². The van der Waals surface area contributed by atoms with Crippen molar-refractivity contribution in [3.63, 3.8) is 0 Å². The molecule has 0 spiro atoms. The number of pyridine rings is 1. The van der Waals surface area contributed by atoms with E-state index in [1.165, 1.54) is 12.8 Å². The number of amides is 1. The second-order valence-corrected chi connectivity index (χ2v) is 9.15. The highest BCUT2D eigenvalue weighted by Crippen LogP contribution is 2.34. The Kier molecular flexibility index (Phi) is 6.51. The van der Waals surface area contributed by atoms with Gasteiger partial charge in [-0.05, 0) is 49.6 Å². The van der Waals surface area contributed by atoms with Crippen molar-refractivity contribution in [2.75, 3.05) is 11.9 Å². The first-order valence-electron chi connectivity index (χ1n) is 10.7. The minimum Gasteiger partial charge on any atom is -0.482 e. The van der Waals surface area contributed by atoms with E-state index in [1.54, 1.807) is 23.7 Å². The van der Waals surface area contributed by atoms with Crippen LogP contribution < -0.4 is 14.9 Å². The Balaban J connectivity index is 1.75. The SMILES string of the molecule is CC(C)CCCC(C)n1c(-c2ccc3c(c2)NC(=O)CO3)csc1=Nc1cccnc1. The topological polar surface area (TPSA) is 68.5 Å². The Labute approximate surface area is 186 Å². The van der Waals surface area contributed by atoms with E-state index in [0.29, 0.717) is 17.4 Å². The predicted octanol–water partition coefficient (Wildman–Crippen LogP) is 5.56. The van der Waals surface area contributed by atoms with Crippen LogP contribution in [0.1, 0.15) is 46.1 Å². The first-order chi connectivity index (χ1) is 15.0. The van der Waals surface area contributed by atoms with Gasteiger partial charge in [0.2, 0.25) is 0 Å². The van der Waals surface area contributed by atoms with Gasteiger partial charge >= 0.3 is 0 Å². The molecule has 0 saturated carbocycles. The highest BCUT2D eigenvalue weighted by atomic mass is 32.1. The lowest BCUT2D eigenvalue weighted by Crippen LogP contribution is -2.25. The van der Waals surface area contributed by atoms with Crippen LogP contribution in [0.2, 0.25) is 0 Å². The Morgan fingerprint density at radius 1 is 1.26 bits per heavy atom. The lowest BCUT2D eigenvalue weighted by atomic mass is 10.0. The summed E-state index contributed by atoms with van der Waals surface area (Å²) in [6, 6.07) is 10.1. The van der Waals surface area contributed by atoms with Gasteiger partial charge in [-0.25, -0.2) is 4.99 Å². The number of rotatable bonds is 7. The van der Waals surface area contributed by atoms with Gasteiger partial charge < -0.3 is 14.6 Å². The maximum atomic E-state index is 11.8. The van der Waals surface area contributed by atoms with Crippen LogP contribution in [0.5, 0.6) is 5.75 Å². The van der Waals surface area contributed by atoms with E-state index in [1.807, 2.05) is 30.3 Å². The molecule has 1 N–H and O–H groups in total. The van der Waals surface area contributed by atoms with Crippen molar-refractivity contribution in [3.05, 3.63) is 52.9 Å². The summed E-state index contributed by atoms with van der Waals surface area (Å²) < 4.78 is 7.83. The van der Waals surface area contributed by atoms with E-state index < -0.39 is 0 Å². The maximum Gasteiger partial charge on any atom is 0.262 e. The summed E-state index contributed by atoms with van der Waals surface area (Å²) in [6.07, 6.45) is 6.99. The van der Waals surface area contributed by atoms with Gasteiger partial charge in [0.05, 0.1) is 23.3 Å². The Morgan fingerprint density at radius 2 is 2.13 bits per heavy atom. The molecule has 7 heteroatoms. The number of ether oxygens (including phenoxy) is 1. The van der Waals surface area contributed by atoms with Crippen LogP contribution in [0.25, 0.3) is 11.3 Å². The number of aromatic nitrogens is 2. The zero-order valence-corrected chi connectivity index (χ0v) is 19.0. The van der Waals surface area contributed by atoms with Crippen LogP contribution in [0, 0.1) is 5.92 Å². The molecule has 1 amide bonds. The van der Waals surface area contributed by atoms with Crippen LogP contribution >= 0.6 is 11.3 Å². The standard InChI is InChI=1S/C24H28N4O2S/c1-16(2)6-4-7-17(3)28-21(15-31-24(28)26-19-8-5-11-25-13-19)18-9-10-22-20(12-18)27-23(29)14-30-22/h5,8-13,15-17H,4,6-7,14H2,1-3H3,(H,27,29). The smallest absolute Gasteiger partial charge is 0.262 e. The Hall–Kier alpha value is -2.93. The summed E-state index contributed by atoms with van der Waals surface area (Å²) in [7, 11) is 0. The maximum absolute atomic E-state index is 11.8. The first-order valence-corrected chi connectivity index (χ1v) is 11.6. The summed E-state index contributed by atoms with van der Waals surface area (Å²) in [5.41, 5.74) is 3.67. The van der Waals surface area contributed by atoms with Crippen molar-refractivity contribution in [1.82, 2.24) is 9.55 Å². The molecule has 162 valence electrons. The summed E-state index contributed by atoms with van der Waals surface area (Å²) in [5, 5.41) is 5.05. The van der Waals surface area contributed by atoms with Gasteiger partial charge in [0, 0.05) is 23.2 Å². The molecular formula is C24H28N4O2S. The van der Waals surface area contributed by atoms with Crippen LogP contribution in [0.15, 0.2) is 53.1 Å². The van der Waals surface area contributed by atoms with Crippen LogP contribution in [-0.4, -0.2) is 22.1 Å². The molecule has 1 aromatic carbocycles. The predicted molar refractivity (Wildman–Crippen MR) is 125 cm³/mol. The number of carbonyl (C=O) groups excluding carboxylic acids is 1. The second-order valence-electron chi connectivity index (χ2n) is 8.32. The van der Waals surface area contributed by atoms with Crippen LogP contribution in [-0.2, 0) is 4.79 Å². The molecule has 1 atom stereocenters. The Bertz CT molecular complexity index is 1120. The molecule has 1 aliphatic rings. The third-order valence-electron chi connectivity index (χ3n) is 5.36. The van der Waals surface area contributed by atoms with Crippen molar-refractivity contribution in [1.29, 1.82) is 0 Å². The van der Waals surface area contributed by atoms with E-state index in [0.717, 1.165) is 28.2 Å². The lowest BCUT2D eigenvalue weighted by molar-refractivity contribution is -0.118. The molecular weight excluding hydrogens is 408 g/mol. The average molecular weight is 437 g/mol. The highest BCUT2D eigenvalue weighted by molar-refractivity contribution is 7.07. The van der Waals surface area contributed by atoms with Gasteiger partial charge in [0.1, 0.15) is 5.75 Å². The normalized spacial score (nSPS) is 14.8. The zero-order chi connectivity index (χ0) is 21.8. The molecule has 3 heterocycles. The third-order valence-corrected chi connectivity index (χ3v) is 6.20. The van der Waals surface area contributed by atoms with E-state index in [4.69, 9.17) is 9.73 Å². The fourth-order valence-corrected chi connectivity index (χ4v) is 4.78. The number of fused-ring (bicyclic) bond motifs is 1. The molecule has 2 aromatic heterocycles. The number of anilines is 1. The van der Waals surface area contributed by atoms with Gasteiger partial charge in [-0.15, -0.1) is 11.3 Å². The number of carbonyl (C=O) groups is 1. The minimum absolute atomic E-state index is 0.0613. The molecule has 31 heavy (non-hydrogen) atoms. The van der Waals surface area contributed by atoms with Gasteiger partial charge in [-0.1, -0.05) is 26.7 Å². The highest BCUT2D eigenvalue weighted by Gasteiger charge is 2.19. The fraction of sp³-hybridized carbons (Fsp3) is 0.375. The monoisotopic (exact) mass is 436 g/mol. The molecule has 1 aliphatic heterocycles. The van der Waals surface area contributed by atoms with Gasteiger partial charge in [-0.2, -0.15) is 0 Å². The number of thiazole rings is 1. The van der Waals surface area contributed by atoms with E-state index in [9.17, 15) is 4.79 Å². The molecule has 3 aromatic rings. The number of benzene rings is 1. The quantitative estimate of drug-likeness (QED) is 0.527. The Morgan fingerprint density at radius 3 is 2.90 bits per heavy atom. The van der Waals surface area contributed by atoms with E-state index in [-0.39, 0.29) is 18.6 Å². The summed E-state index contributed by atoms with van der Waals surface area (Å²) >= 11 is 1.62. The van der Waals surface area contributed by atoms with Crippen molar-refractivity contribution >= 4 is 28.6 Å². The van der Waals surface area contributed by atoms with Crippen molar-refractivity contribution in [3.8, 4) is 17.0 Å². The van der Waals surface area contributed by atoms with E-state index >= 15 is 0 Å². The van der Waals surface area contributed by atoms with Crippen molar-refractivity contribution in [2.24, 2.45) is 10.9 Å². The number of hydrogen-bond donors (Lipinski definition) is 1. The second kappa shape index (κ2) is 9.47. The summed E-state index contributed by atoms with van der Waals surface area (Å²) in [6.45, 7) is 6.84. The fourth-order valence-electron chi connectivity index (χ4n) is 3.76. The van der Waals surface area contributed by atoms with Gasteiger partial charge in [0.25, 0.3) is 5.91 Å². The average Bonchev–Trinajstić information content (AvgIpc) is 3.17. The van der Waals surface area contributed by atoms with Crippen molar-refractivity contribution < 1.29 is 9.53 Å². The van der Waals surface area contributed by atoms with Crippen molar-refractivity contribution in [2.45, 2.75) is 46.1 Å². The molecule has 0 saturated heterocycles. The summed E-state index contributed by atoms with van der Waals surface area (Å²) in [5.74, 6) is 1.27. The third kappa shape index (κ3) is 5.05. The summed E-state index contributed by atoms with van der Waals surface area (Å²) in [4.78, 5) is 21.8. The molecule has 6 nitrogen and oxygen atoms in total. The number of nitrogens with zero attached hydrogens (tertiary/aromatic N) is 3.